The summed E-state index contributed by atoms with van der Waals surface area (Å²) in [6, 6.07) is 0. The third-order valence-corrected chi connectivity index (χ3v) is 3.59. The monoisotopic (exact) mass is 254 g/mol. The van der Waals surface area contributed by atoms with Crippen molar-refractivity contribution in [3.63, 3.8) is 0 Å². The average Bonchev–Trinajstić information content (AvgIpc) is 2.56. The largest absolute Gasteiger partial charge is 0.444 e. The van der Waals surface area contributed by atoms with Gasteiger partial charge >= 0.3 is 6.09 Å². The molecule has 102 valence electrons. The number of amides is 2. The SMILES string of the molecule is CC(=O)N1CCC2(C1)CN(C(=O)OC(C)(C)C)C2. The Labute approximate surface area is 108 Å². The van der Waals surface area contributed by atoms with Gasteiger partial charge in [-0.15, -0.1) is 0 Å². The zero-order valence-electron chi connectivity index (χ0n) is 11.7. The lowest BCUT2D eigenvalue weighted by Gasteiger charge is -2.47. The second kappa shape index (κ2) is 4.14. The van der Waals surface area contributed by atoms with Crippen molar-refractivity contribution in [3.05, 3.63) is 0 Å². The van der Waals surface area contributed by atoms with Crippen LogP contribution in [0.25, 0.3) is 0 Å². The Kier molecular flexibility index (Phi) is 3.03. The topological polar surface area (TPSA) is 49.9 Å². The summed E-state index contributed by atoms with van der Waals surface area (Å²) in [5, 5.41) is 0. The van der Waals surface area contributed by atoms with Gasteiger partial charge in [-0.3, -0.25) is 4.79 Å². The van der Waals surface area contributed by atoms with Crippen molar-refractivity contribution in [3.8, 4) is 0 Å². The van der Waals surface area contributed by atoms with Crippen molar-refractivity contribution in [2.45, 2.75) is 39.7 Å². The second-order valence-electron chi connectivity index (χ2n) is 6.53. The smallest absolute Gasteiger partial charge is 0.410 e. The van der Waals surface area contributed by atoms with Crippen LogP contribution in [0.2, 0.25) is 0 Å². The summed E-state index contributed by atoms with van der Waals surface area (Å²) in [5.41, 5.74) is -0.316. The standard InChI is InChI=1S/C13H22N2O3/c1-10(16)14-6-5-13(7-14)8-15(9-13)11(17)18-12(2,3)4/h5-9H2,1-4H3. The molecule has 0 radical (unpaired) electrons. The highest BCUT2D eigenvalue weighted by Crippen LogP contribution is 2.40. The van der Waals surface area contributed by atoms with Crippen molar-refractivity contribution >= 4 is 12.0 Å². The molecule has 5 heteroatoms. The fourth-order valence-corrected chi connectivity index (χ4v) is 2.68. The molecule has 2 rings (SSSR count). The maximum absolute atomic E-state index is 11.8. The lowest BCUT2D eigenvalue weighted by molar-refractivity contribution is -0.128. The van der Waals surface area contributed by atoms with Gasteiger partial charge in [0.05, 0.1) is 0 Å². The first-order valence-electron chi connectivity index (χ1n) is 6.44. The van der Waals surface area contributed by atoms with Crippen LogP contribution in [0.3, 0.4) is 0 Å². The third kappa shape index (κ3) is 2.60. The van der Waals surface area contributed by atoms with E-state index in [4.69, 9.17) is 4.74 Å². The van der Waals surface area contributed by atoms with Crippen LogP contribution in [0, 0.1) is 5.41 Å². The van der Waals surface area contributed by atoms with Crippen molar-refractivity contribution < 1.29 is 14.3 Å². The summed E-state index contributed by atoms with van der Waals surface area (Å²) in [4.78, 5) is 26.7. The Morgan fingerprint density at radius 3 is 2.11 bits per heavy atom. The van der Waals surface area contributed by atoms with Gasteiger partial charge in [-0.05, 0) is 27.2 Å². The molecule has 5 nitrogen and oxygen atoms in total. The van der Waals surface area contributed by atoms with Gasteiger partial charge in [0.15, 0.2) is 0 Å². The predicted molar refractivity (Wildman–Crippen MR) is 67.1 cm³/mol. The van der Waals surface area contributed by atoms with Gasteiger partial charge in [0.2, 0.25) is 5.91 Å². The molecule has 0 aromatic rings. The maximum Gasteiger partial charge on any atom is 0.410 e. The van der Waals surface area contributed by atoms with E-state index < -0.39 is 5.60 Å². The molecule has 0 aliphatic carbocycles. The molecule has 0 aromatic heterocycles. The highest BCUT2D eigenvalue weighted by molar-refractivity contribution is 5.74. The Hall–Kier alpha value is -1.26. The number of carbonyl (C=O) groups is 2. The number of ether oxygens (including phenoxy) is 1. The molecule has 2 fully saturated rings. The number of hydrogen-bond acceptors (Lipinski definition) is 3. The molecule has 2 heterocycles. The molecule has 0 aromatic carbocycles. The molecule has 1 spiro atoms. The van der Waals surface area contributed by atoms with Crippen LogP contribution in [0.15, 0.2) is 0 Å². The van der Waals surface area contributed by atoms with Crippen molar-refractivity contribution in [1.82, 2.24) is 9.80 Å². The molecule has 0 atom stereocenters. The molecule has 18 heavy (non-hydrogen) atoms. The van der Waals surface area contributed by atoms with E-state index in [1.54, 1.807) is 11.8 Å². The number of likely N-dealkylation sites (tertiary alicyclic amines) is 2. The zero-order valence-corrected chi connectivity index (χ0v) is 11.7. The Morgan fingerprint density at radius 2 is 1.67 bits per heavy atom. The van der Waals surface area contributed by atoms with Crippen molar-refractivity contribution in [1.29, 1.82) is 0 Å². The van der Waals surface area contributed by atoms with Gasteiger partial charge in [0.1, 0.15) is 5.60 Å². The number of rotatable bonds is 0. The summed E-state index contributed by atoms with van der Waals surface area (Å²) >= 11 is 0. The molecule has 2 aliphatic rings. The minimum Gasteiger partial charge on any atom is -0.444 e. The van der Waals surface area contributed by atoms with Crippen LogP contribution in [-0.2, 0) is 9.53 Å². The van der Waals surface area contributed by atoms with Crippen LogP contribution >= 0.6 is 0 Å². The molecule has 0 N–H and O–H groups in total. The number of carbonyl (C=O) groups excluding carboxylic acids is 2. The molecule has 2 amide bonds. The summed E-state index contributed by atoms with van der Waals surface area (Å²) < 4.78 is 5.33. The van der Waals surface area contributed by atoms with E-state index in [9.17, 15) is 9.59 Å². The zero-order chi connectivity index (χ0) is 13.6. The molecule has 0 unspecified atom stereocenters. The van der Waals surface area contributed by atoms with E-state index in [1.165, 1.54) is 0 Å². The van der Waals surface area contributed by atoms with Crippen LogP contribution in [0.1, 0.15) is 34.1 Å². The van der Waals surface area contributed by atoms with Crippen LogP contribution < -0.4 is 0 Å². The van der Waals surface area contributed by atoms with E-state index in [-0.39, 0.29) is 17.4 Å². The Bertz CT molecular complexity index is 367. The molecular formula is C13H22N2O3. The van der Waals surface area contributed by atoms with Gasteiger partial charge in [-0.2, -0.15) is 0 Å². The molecule has 0 saturated carbocycles. The van der Waals surface area contributed by atoms with Crippen molar-refractivity contribution in [2.24, 2.45) is 5.41 Å². The Morgan fingerprint density at radius 1 is 1.11 bits per heavy atom. The van der Waals surface area contributed by atoms with E-state index in [0.29, 0.717) is 13.1 Å². The maximum atomic E-state index is 11.8. The lowest BCUT2D eigenvalue weighted by atomic mass is 9.79. The number of hydrogen-bond donors (Lipinski definition) is 0. The van der Waals surface area contributed by atoms with Gasteiger partial charge < -0.3 is 14.5 Å². The van der Waals surface area contributed by atoms with Gasteiger partial charge in [0, 0.05) is 38.5 Å². The highest BCUT2D eigenvalue weighted by Gasteiger charge is 2.50. The highest BCUT2D eigenvalue weighted by atomic mass is 16.6. The summed E-state index contributed by atoms with van der Waals surface area (Å²) in [6.45, 7) is 10.2. The quantitative estimate of drug-likeness (QED) is 0.658. The fourth-order valence-electron chi connectivity index (χ4n) is 2.68. The van der Waals surface area contributed by atoms with E-state index in [0.717, 1.165) is 19.5 Å². The third-order valence-electron chi connectivity index (χ3n) is 3.59. The van der Waals surface area contributed by atoms with Crippen molar-refractivity contribution in [2.75, 3.05) is 26.2 Å². The molecule has 2 saturated heterocycles. The minimum absolute atomic E-state index is 0.127. The summed E-state index contributed by atoms with van der Waals surface area (Å²) in [7, 11) is 0. The van der Waals surface area contributed by atoms with Gasteiger partial charge in [0.25, 0.3) is 0 Å². The van der Waals surface area contributed by atoms with Crippen LogP contribution in [-0.4, -0.2) is 53.6 Å². The molecule has 2 aliphatic heterocycles. The van der Waals surface area contributed by atoms with Crippen LogP contribution in [0.4, 0.5) is 4.79 Å². The van der Waals surface area contributed by atoms with Gasteiger partial charge in [-0.1, -0.05) is 0 Å². The van der Waals surface area contributed by atoms with Crippen LogP contribution in [0.5, 0.6) is 0 Å². The van der Waals surface area contributed by atoms with E-state index >= 15 is 0 Å². The minimum atomic E-state index is -0.444. The average molecular weight is 254 g/mol. The number of nitrogens with zero attached hydrogens (tertiary/aromatic N) is 2. The first-order chi connectivity index (χ1) is 8.21. The van der Waals surface area contributed by atoms with E-state index in [2.05, 4.69) is 0 Å². The summed E-state index contributed by atoms with van der Waals surface area (Å²) in [5.74, 6) is 0.127. The predicted octanol–water partition coefficient (Wildman–Crippen LogP) is 1.48. The first kappa shape index (κ1) is 13.2. The Balaban J connectivity index is 1.84. The summed E-state index contributed by atoms with van der Waals surface area (Å²) in [6.07, 6.45) is 0.751. The normalized spacial score (nSPS) is 22.0. The molecular weight excluding hydrogens is 232 g/mol. The molecule has 0 bridgehead atoms. The lowest BCUT2D eigenvalue weighted by Crippen LogP contribution is -2.60. The first-order valence-corrected chi connectivity index (χ1v) is 6.44. The van der Waals surface area contributed by atoms with E-state index in [1.807, 2.05) is 25.7 Å². The second-order valence-corrected chi connectivity index (χ2v) is 6.53. The fraction of sp³-hybridized carbons (Fsp3) is 0.846. The van der Waals surface area contributed by atoms with Gasteiger partial charge in [-0.25, -0.2) is 4.79 Å².